The highest BCUT2D eigenvalue weighted by molar-refractivity contribution is 7.91. The predicted molar refractivity (Wildman–Crippen MR) is 119 cm³/mol. The van der Waals surface area contributed by atoms with Crippen molar-refractivity contribution in [1.82, 2.24) is 10.2 Å². The van der Waals surface area contributed by atoms with E-state index in [0.717, 1.165) is 18.9 Å². The van der Waals surface area contributed by atoms with E-state index < -0.39 is 33.4 Å². The number of hydrogen-bond donors (Lipinski definition) is 2. The molecular weight excluding hydrogens is 473 g/mol. The maximum Gasteiger partial charge on any atom is 0.315 e. The number of carbonyl (C=O) groups is 1. The van der Waals surface area contributed by atoms with Crippen LogP contribution >= 0.6 is 11.6 Å². The lowest BCUT2D eigenvalue weighted by atomic mass is 10.1. The molecule has 1 aliphatic heterocycles. The van der Waals surface area contributed by atoms with Gasteiger partial charge in [-0.3, -0.25) is 4.79 Å². The fraction of sp³-hybridized carbons (Fsp3) is 0.286. The highest BCUT2D eigenvalue weighted by Crippen LogP contribution is 2.37. The second kappa shape index (κ2) is 8.08. The SMILES string of the molecule is N[C@H]1CS(=O)(=O)c2cc(F)c(-c3nnc(NC4CC4)o3)cc2N(Cc2ccc(Cl)cc2)C1=O. The lowest BCUT2D eigenvalue weighted by Gasteiger charge is -2.24. The number of benzene rings is 2. The zero-order valence-electron chi connectivity index (χ0n) is 17.2. The van der Waals surface area contributed by atoms with Gasteiger partial charge in [0.2, 0.25) is 5.91 Å². The first-order valence-corrected chi connectivity index (χ1v) is 12.2. The smallest absolute Gasteiger partial charge is 0.315 e. The lowest BCUT2D eigenvalue weighted by molar-refractivity contribution is -0.119. The van der Waals surface area contributed by atoms with E-state index in [9.17, 15) is 13.2 Å². The Morgan fingerprint density at radius 2 is 1.94 bits per heavy atom. The number of halogens is 2. The number of hydrogen-bond acceptors (Lipinski definition) is 8. The second-order valence-corrected chi connectivity index (χ2v) is 10.5. The maximum atomic E-state index is 15.1. The highest BCUT2D eigenvalue weighted by Gasteiger charge is 2.37. The summed E-state index contributed by atoms with van der Waals surface area (Å²) in [6.07, 6.45) is 1.95. The number of nitrogens with one attached hydrogen (secondary N) is 1. The molecule has 2 aromatic carbocycles. The zero-order valence-corrected chi connectivity index (χ0v) is 18.7. The Bertz CT molecular complexity index is 1340. The first-order valence-electron chi connectivity index (χ1n) is 10.2. The predicted octanol–water partition coefficient (Wildman–Crippen LogP) is 2.75. The minimum atomic E-state index is -4.04. The normalized spacial score (nSPS) is 19.8. The van der Waals surface area contributed by atoms with Crippen LogP contribution in [0.5, 0.6) is 0 Å². The minimum absolute atomic E-state index is 0.00537. The van der Waals surface area contributed by atoms with Crippen LogP contribution in [0.4, 0.5) is 16.1 Å². The summed E-state index contributed by atoms with van der Waals surface area (Å²) >= 11 is 5.94. The van der Waals surface area contributed by atoms with E-state index in [-0.39, 0.29) is 40.6 Å². The van der Waals surface area contributed by atoms with E-state index in [0.29, 0.717) is 10.6 Å². The number of nitrogens with two attached hydrogens (primary N) is 1. The first-order chi connectivity index (χ1) is 15.7. The van der Waals surface area contributed by atoms with Crippen LogP contribution in [0.15, 0.2) is 45.7 Å². The summed E-state index contributed by atoms with van der Waals surface area (Å²) in [4.78, 5) is 14.0. The van der Waals surface area contributed by atoms with E-state index in [1.165, 1.54) is 11.0 Å². The van der Waals surface area contributed by atoms with Crippen molar-refractivity contribution in [2.24, 2.45) is 5.73 Å². The Balaban J connectivity index is 1.62. The minimum Gasteiger partial charge on any atom is -0.403 e. The van der Waals surface area contributed by atoms with Gasteiger partial charge in [-0.25, -0.2) is 12.8 Å². The van der Waals surface area contributed by atoms with Gasteiger partial charge in [0, 0.05) is 11.1 Å². The molecule has 1 fully saturated rings. The Morgan fingerprint density at radius 1 is 1.21 bits per heavy atom. The lowest BCUT2D eigenvalue weighted by Crippen LogP contribution is -2.45. The third-order valence-corrected chi connectivity index (χ3v) is 7.52. The average Bonchev–Trinajstić information content (AvgIpc) is 3.47. The highest BCUT2D eigenvalue weighted by atomic mass is 35.5. The first kappa shape index (κ1) is 21.8. The summed E-state index contributed by atoms with van der Waals surface area (Å²) in [6, 6.07) is 7.91. The van der Waals surface area contributed by atoms with E-state index in [4.69, 9.17) is 21.8 Å². The van der Waals surface area contributed by atoms with Gasteiger partial charge in [0.25, 0.3) is 5.89 Å². The molecule has 2 heterocycles. The molecule has 3 N–H and O–H groups in total. The molecule has 1 aliphatic carbocycles. The average molecular weight is 492 g/mol. The number of sulfone groups is 1. The van der Waals surface area contributed by atoms with Gasteiger partial charge in [0.05, 0.1) is 34.5 Å². The van der Waals surface area contributed by atoms with Crippen molar-refractivity contribution in [3.05, 3.63) is 52.8 Å². The molecule has 1 amide bonds. The molecule has 172 valence electrons. The van der Waals surface area contributed by atoms with Gasteiger partial charge >= 0.3 is 6.01 Å². The van der Waals surface area contributed by atoms with Crippen molar-refractivity contribution in [3.63, 3.8) is 0 Å². The molecule has 1 saturated carbocycles. The molecule has 1 aromatic heterocycles. The Hall–Kier alpha value is -3.02. The van der Waals surface area contributed by atoms with Crippen molar-refractivity contribution >= 4 is 39.0 Å². The number of carbonyl (C=O) groups excluding carboxylic acids is 1. The molecule has 3 aromatic rings. The number of anilines is 2. The van der Waals surface area contributed by atoms with Gasteiger partial charge in [-0.05, 0) is 42.7 Å². The fourth-order valence-electron chi connectivity index (χ4n) is 3.61. The second-order valence-electron chi connectivity index (χ2n) is 8.07. The van der Waals surface area contributed by atoms with Crippen LogP contribution < -0.4 is 16.0 Å². The van der Waals surface area contributed by atoms with Crippen LogP contribution in [-0.2, 0) is 21.2 Å². The molecule has 33 heavy (non-hydrogen) atoms. The molecular formula is C21H19ClFN5O4S. The van der Waals surface area contributed by atoms with E-state index in [1.807, 2.05) is 0 Å². The molecule has 2 aliphatic rings. The molecule has 0 spiro atoms. The third-order valence-electron chi connectivity index (χ3n) is 5.47. The van der Waals surface area contributed by atoms with Crippen LogP contribution in [0.1, 0.15) is 18.4 Å². The molecule has 5 rings (SSSR count). The largest absolute Gasteiger partial charge is 0.403 e. The van der Waals surface area contributed by atoms with Gasteiger partial charge in [0.1, 0.15) is 5.82 Å². The summed E-state index contributed by atoms with van der Waals surface area (Å²) in [5, 5.41) is 11.3. The summed E-state index contributed by atoms with van der Waals surface area (Å²) in [5.41, 5.74) is 6.47. The van der Waals surface area contributed by atoms with Gasteiger partial charge in [-0.15, -0.1) is 5.10 Å². The van der Waals surface area contributed by atoms with E-state index >= 15 is 4.39 Å². The zero-order chi connectivity index (χ0) is 23.3. The Labute approximate surface area is 193 Å². The van der Waals surface area contributed by atoms with E-state index in [2.05, 4.69) is 15.5 Å². The topological polar surface area (TPSA) is 131 Å². The van der Waals surface area contributed by atoms with Gasteiger partial charge in [-0.2, -0.15) is 0 Å². The number of aromatic nitrogens is 2. The quantitative estimate of drug-likeness (QED) is 0.557. The van der Waals surface area contributed by atoms with Crippen LogP contribution in [0.25, 0.3) is 11.5 Å². The standard InChI is InChI=1S/C21H19ClFN5O4S/c22-12-3-1-11(2-4-12)9-28-17-7-14(19-26-27-21(32-19)25-13-5-6-13)15(23)8-18(17)33(30,31)10-16(24)20(28)29/h1-4,7-8,13,16H,5-6,9-10,24H2,(H,25,27)/t16-/m0/s1. The summed E-state index contributed by atoms with van der Waals surface area (Å²) in [5.74, 6) is -2.24. The molecule has 0 bridgehead atoms. The Kier molecular flexibility index (Phi) is 5.34. The summed E-state index contributed by atoms with van der Waals surface area (Å²) < 4.78 is 46.4. The van der Waals surface area contributed by atoms with Crippen molar-refractivity contribution in [2.45, 2.75) is 36.4 Å². The van der Waals surface area contributed by atoms with Gasteiger partial charge < -0.3 is 20.4 Å². The maximum absolute atomic E-state index is 15.1. The van der Waals surface area contributed by atoms with Crippen molar-refractivity contribution in [3.8, 4) is 11.5 Å². The molecule has 9 nitrogen and oxygen atoms in total. The third kappa shape index (κ3) is 4.31. The number of rotatable bonds is 5. The van der Waals surface area contributed by atoms with Crippen molar-refractivity contribution in [2.75, 3.05) is 16.0 Å². The monoisotopic (exact) mass is 491 g/mol. The molecule has 12 heteroatoms. The van der Waals surface area contributed by atoms with Crippen LogP contribution in [0.2, 0.25) is 5.02 Å². The molecule has 0 unspecified atom stereocenters. The fourth-order valence-corrected chi connectivity index (χ4v) is 5.30. The van der Waals surface area contributed by atoms with Crippen LogP contribution in [0, 0.1) is 5.82 Å². The van der Waals surface area contributed by atoms with Gasteiger partial charge in [0.15, 0.2) is 9.84 Å². The van der Waals surface area contributed by atoms with Crippen LogP contribution in [-0.4, -0.2) is 42.4 Å². The number of amides is 1. The number of nitrogens with zero attached hydrogens (tertiary/aromatic N) is 3. The van der Waals surface area contributed by atoms with Crippen molar-refractivity contribution < 1.29 is 22.0 Å². The Morgan fingerprint density at radius 3 is 2.64 bits per heavy atom. The van der Waals surface area contributed by atoms with E-state index in [1.54, 1.807) is 24.3 Å². The summed E-state index contributed by atoms with van der Waals surface area (Å²) in [6.45, 7) is 0.00954. The van der Waals surface area contributed by atoms with Gasteiger partial charge in [-0.1, -0.05) is 28.8 Å². The molecule has 0 radical (unpaired) electrons. The van der Waals surface area contributed by atoms with Crippen LogP contribution in [0.3, 0.4) is 0 Å². The molecule has 0 saturated heterocycles. The molecule has 1 atom stereocenters. The van der Waals surface area contributed by atoms with Crippen molar-refractivity contribution in [1.29, 1.82) is 0 Å². The summed E-state index contributed by atoms with van der Waals surface area (Å²) in [7, 11) is -4.04. The number of fused-ring (bicyclic) bond motifs is 1.